The molecular formula is C27H27Cl2N3O6. The third-order valence-corrected chi connectivity index (χ3v) is 6.42. The SMILES string of the molecule is COc1ccnc(C(=O)NC(C)C(=O)ON(C)C(C)(c2ccc(Cl)cc2)c2ccc(Cl)cc2)c1OC(C)=O. The zero-order valence-corrected chi connectivity index (χ0v) is 23.0. The molecule has 1 unspecified atom stereocenters. The lowest BCUT2D eigenvalue weighted by Crippen LogP contribution is -2.48. The van der Waals surface area contributed by atoms with Gasteiger partial charge in [-0.25, -0.2) is 9.78 Å². The van der Waals surface area contributed by atoms with E-state index in [0.717, 1.165) is 11.1 Å². The Kier molecular flexibility index (Phi) is 9.32. The maximum atomic E-state index is 13.1. The molecule has 3 rings (SSSR count). The molecule has 1 aromatic heterocycles. The number of carbonyl (C=O) groups is 3. The lowest BCUT2D eigenvalue weighted by atomic mass is 9.84. The van der Waals surface area contributed by atoms with Gasteiger partial charge in [0, 0.05) is 36.3 Å². The molecule has 11 heteroatoms. The number of carbonyl (C=O) groups excluding carboxylic acids is 3. The third-order valence-electron chi connectivity index (χ3n) is 5.92. The fraction of sp³-hybridized carbons (Fsp3) is 0.259. The molecule has 200 valence electrons. The van der Waals surface area contributed by atoms with Crippen molar-refractivity contribution in [2.45, 2.75) is 32.4 Å². The predicted octanol–water partition coefficient (Wildman–Crippen LogP) is 4.79. The first kappa shape index (κ1) is 28.9. The van der Waals surface area contributed by atoms with Crippen LogP contribution in [0, 0.1) is 0 Å². The Balaban J connectivity index is 1.83. The smallest absolute Gasteiger partial charge is 0.347 e. The number of pyridine rings is 1. The molecule has 2 aromatic carbocycles. The fourth-order valence-electron chi connectivity index (χ4n) is 3.70. The van der Waals surface area contributed by atoms with Crippen LogP contribution < -0.4 is 14.8 Å². The highest BCUT2D eigenvalue weighted by Gasteiger charge is 2.37. The van der Waals surface area contributed by atoms with Crippen molar-refractivity contribution >= 4 is 41.0 Å². The van der Waals surface area contributed by atoms with Crippen molar-refractivity contribution in [3.05, 3.63) is 87.7 Å². The summed E-state index contributed by atoms with van der Waals surface area (Å²) in [5, 5.41) is 5.04. The van der Waals surface area contributed by atoms with E-state index in [1.54, 1.807) is 31.3 Å². The predicted molar refractivity (Wildman–Crippen MR) is 142 cm³/mol. The summed E-state index contributed by atoms with van der Waals surface area (Å²) in [7, 11) is 2.97. The molecule has 0 saturated heterocycles. The van der Waals surface area contributed by atoms with Gasteiger partial charge in [-0.05, 0) is 49.2 Å². The number of nitrogens with one attached hydrogen (secondary N) is 1. The number of ether oxygens (including phenoxy) is 2. The lowest BCUT2D eigenvalue weighted by molar-refractivity contribution is -0.207. The first-order valence-electron chi connectivity index (χ1n) is 11.5. The number of hydrogen-bond acceptors (Lipinski definition) is 8. The van der Waals surface area contributed by atoms with Crippen LogP contribution in [0.4, 0.5) is 0 Å². The molecule has 1 heterocycles. The molecule has 1 amide bonds. The summed E-state index contributed by atoms with van der Waals surface area (Å²) in [6, 6.07) is 14.6. The summed E-state index contributed by atoms with van der Waals surface area (Å²) < 4.78 is 10.3. The molecule has 0 spiro atoms. The van der Waals surface area contributed by atoms with Crippen LogP contribution >= 0.6 is 23.2 Å². The van der Waals surface area contributed by atoms with Crippen LogP contribution in [0.3, 0.4) is 0 Å². The van der Waals surface area contributed by atoms with Crippen LogP contribution in [0.2, 0.25) is 10.0 Å². The summed E-state index contributed by atoms with van der Waals surface area (Å²) in [5.74, 6) is -2.19. The van der Waals surface area contributed by atoms with Crippen LogP contribution in [0.5, 0.6) is 11.5 Å². The van der Waals surface area contributed by atoms with E-state index in [9.17, 15) is 14.4 Å². The van der Waals surface area contributed by atoms with Gasteiger partial charge >= 0.3 is 11.9 Å². The van der Waals surface area contributed by atoms with Crippen molar-refractivity contribution in [2.75, 3.05) is 14.2 Å². The Hall–Kier alpha value is -3.66. The zero-order chi connectivity index (χ0) is 28.0. The number of esters is 1. The van der Waals surface area contributed by atoms with Gasteiger partial charge in [0.25, 0.3) is 5.91 Å². The third kappa shape index (κ3) is 6.42. The number of nitrogens with zero attached hydrogens (tertiary/aromatic N) is 2. The quantitative estimate of drug-likeness (QED) is 0.294. The standard InChI is InChI=1S/C27H27Cl2N3O6/c1-16(31-25(34)23-24(37-17(2)33)22(36-5)14-15-30-23)26(35)38-32(4)27(3,18-6-10-20(28)11-7-18)19-8-12-21(29)13-9-19/h6-16H,1-5H3,(H,31,34). The normalized spacial score (nSPS) is 12.0. The minimum absolute atomic E-state index is 0.136. The largest absolute Gasteiger partial charge is 0.493 e. The first-order valence-corrected chi connectivity index (χ1v) is 12.2. The Morgan fingerprint density at radius 3 is 1.97 bits per heavy atom. The number of rotatable bonds is 9. The Bertz CT molecular complexity index is 1270. The van der Waals surface area contributed by atoms with E-state index in [1.165, 1.54) is 38.3 Å². The average Bonchev–Trinajstić information content (AvgIpc) is 2.88. The van der Waals surface area contributed by atoms with Crippen LogP contribution in [0.1, 0.15) is 42.4 Å². The highest BCUT2D eigenvalue weighted by atomic mass is 35.5. The number of hydrogen-bond donors (Lipinski definition) is 1. The maximum absolute atomic E-state index is 13.1. The van der Waals surface area contributed by atoms with E-state index in [4.69, 9.17) is 37.5 Å². The molecule has 1 N–H and O–H groups in total. The summed E-state index contributed by atoms with van der Waals surface area (Å²) in [5.41, 5.74) is 0.427. The summed E-state index contributed by atoms with van der Waals surface area (Å²) >= 11 is 12.2. The van der Waals surface area contributed by atoms with Crippen molar-refractivity contribution in [1.82, 2.24) is 15.4 Å². The van der Waals surface area contributed by atoms with Gasteiger partial charge in [-0.15, -0.1) is 5.06 Å². The van der Waals surface area contributed by atoms with Gasteiger partial charge in [-0.3, -0.25) is 9.59 Å². The monoisotopic (exact) mass is 559 g/mol. The number of aromatic nitrogens is 1. The molecule has 3 aromatic rings. The van der Waals surface area contributed by atoms with Crippen molar-refractivity contribution in [2.24, 2.45) is 0 Å². The minimum Gasteiger partial charge on any atom is -0.493 e. The van der Waals surface area contributed by atoms with E-state index in [2.05, 4.69) is 10.3 Å². The van der Waals surface area contributed by atoms with Crippen molar-refractivity contribution in [3.8, 4) is 11.5 Å². The second-order valence-electron chi connectivity index (χ2n) is 8.47. The van der Waals surface area contributed by atoms with E-state index < -0.39 is 29.4 Å². The Labute approximate surface area is 230 Å². The van der Waals surface area contributed by atoms with E-state index in [0.29, 0.717) is 10.0 Å². The van der Waals surface area contributed by atoms with Crippen molar-refractivity contribution < 1.29 is 28.7 Å². The topological polar surface area (TPSA) is 107 Å². The number of amides is 1. The van der Waals surface area contributed by atoms with E-state index >= 15 is 0 Å². The number of benzene rings is 2. The van der Waals surface area contributed by atoms with E-state index in [-0.39, 0.29) is 17.2 Å². The summed E-state index contributed by atoms with van der Waals surface area (Å²) in [4.78, 5) is 47.3. The molecule has 0 bridgehead atoms. The fourth-order valence-corrected chi connectivity index (χ4v) is 3.96. The number of methoxy groups -OCH3 is 1. The Morgan fingerprint density at radius 1 is 0.974 bits per heavy atom. The molecule has 38 heavy (non-hydrogen) atoms. The van der Waals surface area contributed by atoms with Gasteiger partial charge in [0.1, 0.15) is 11.6 Å². The highest BCUT2D eigenvalue weighted by molar-refractivity contribution is 6.30. The molecule has 9 nitrogen and oxygen atoms in total. The summed E-state index contributed by atoms with van der Waals surface area (Å²) in [6.07, 6.45) is 1.32. The maximum Gasteiger partial charge on any atom is 0.347 e. The highest BCUT2D eigenvalue weighted by Crippen LogP contribution is 2.36. The number of halogens is 2. The molecule has 0 radical (unpaired) electrons. The average molecular weight is 560 g/mol. The van der Waals surface area contributed by atoms with Gasteiger partial charge < -0.3 is 19.6 Å². The first-order chi connectivity index (χ1) is 18.0. The van der Waals surface area contributed by atoms with Gasteiger partial charge in [0.05, 0.1) is 7.11 Å². The second kappa shape index (κ2) is 12.3. The van der Waals surface area contributed by atoms with E-state index in [1.807, 2.05) is 31.2 Å². The van der Waals surface area contributed by atoms with Gasteiger partial charge in [-0.2, -0.15) is 0 Å². The van der Waals surface area contributed by atoms with Gasteiger partial charge in [-0.1, -0.05) is 47.5 Å². The van der Waals surface area contributed by atoms with Crippen molar-refractivity contribution in [1.29, 1.82) is 0 Å². The molecule has 0 aliphatic heterocycles. The molecule has 0 fully saturated rings. The van der Waals surface area contributed by atoms with Crippen LogP contribution in [0.25, 0.3) is 0 Å². The number of hydroxylamine groups is 2. The molecule has 0 saturated carbocycles. The van der Waals surface area contributed by atoms with Crippen LogP contribution in [0.15, 0.2) is 60.8 Å². The van der Waals surface area contributed by atoms with Gasteiger partial charge in [0.2, 0.25) is 5.75 Å². The van der Waals surface area contributed by atoms with Crippen molar-refractivity contribution in [3.63, 3.8) is 0 Å². The van der Waals surface area contributed by atoms with Crippen LogP contribution in [-0.4, -0.2) is 48.1 Å². The molecule has 0 aliphatic carbocycles. The molecule has 1 atom stereocenters. The summed E-state index contributed by atoms with van der Waals surface area (Å²) in [6.45, 7) is 4.52. The lowest BCUT2D eigenvalue weighted by Gasteiger charge is -2.38. The Morgan fingerprint density at radius 2 is 1.50 bits per heavy atom. The minimum atomic E-state index is -1.09. The zero-order valence-electron chi connectivity index (χ0n) is 21.5. The molecule has 0 aliphatic rings. The second-order valence-corrected chi connectivity index (χ2v) is 9.35. The van der Waals surface area contributed by atoms with Gasteiger partial charge in [0.15, 0.2) is 11.4 Å². The molecular weight excluding hydrogens is 533 g/mol. The van der Waals surface area contributed by atoms with Crippen LogP contribution in [-0.2, 0) is 20.0 Å².